The lowest BCUT2D eigenvalue weighted by Gasteiger charge is -2.30. The Balaban J connectivity index is 1.40. The molecule has 2 aromatic heterocycles. The predicted octanol–water partition coefficient (Wildman–Crippen LogP) is 5.05. The lowest BCUT2D eigenvalue weighted by Crippen LogP contribution is -2.44. The Kier molecular flexibility index (Phi) is 12.0. The van der Waals surface area contributed by atoms with Crippen molar-refractivity contribution in [1.29, 1.82) is 0 Å². The number of carbonyl (C=O) groups is 4. The summed E-state index contributed by atoms with van der Waals surface area (Å²) < 4.78 is 0. The van der Waals surface area contributed by atoms with Gasteiger partial charge in [-0.1, -0.05) is 40.5 Å². The van der Waals surface area contributed by atoms with Crippen molar-refractivity contribution < 1.29 is 19.2 Å². The molecule has 8 nitrogen and oxygen atoms in total. The zero-order valence-corrected chi connectivity index (χ0v) is 24.3. The summed E-state index contributed by atoms with van der Waals surface area (Å²) in [5.74, 6) is 0.308. The van der Waals surface area contributed by atoms with E-state index >= 15 is 0 Å². The van der Waals surface area contributed by atoms with Crippen LogP contribution in [0, 0.1) is 29.6 Å². The summed E-state index contributed by atoms with van der Waals surface area (Å²) in [6.45, 7) is 8.48. The van der Waals surface area contributed by atoms with Gasteiger partial charge >= 0.3 is 0 Å². The second-order valence-corrected chi connectivity index (χ2v) is 11.8. The molecule has 1 fully saturated rings. The average Bonchev–Trinajstić information content (AvgIpc) is 2.97. The zero-order valence-electron chi connectivity index (χ0n) is 24.3. The Morgan fingerprint density at radius 3 is 1.90 bits per heavy atom. The van der Waals surface area contributed by atoms with Crippen molar-refractivity contribution in [1.82, 2.24) is 20.6 Å². The molecule has 2 heterocycles. The van der Waals surface area contributed by atoms with Crippen molar-refractivity contribution >= 4 is 23.4 Å². The van der Waals surface area contributed by atoms with Crippen LogP contribution in [0.1, 0.15) is 93.4 Å². The van der Waals surface area contributed by atoms with Crippen molar-refractivity contribution in [3.63, 3.8) is 0 Å². The summed E-state index contributed by atoms with van der Waals surface area (Å²) in [4.78, 5) is 59.1. The molecule has 0 radical (unpaired) electrons. The van der Waals surface area contributed by atoms with Crippen LogP contribution < -0.4 is 10.6 Å². The minimum absolute atomic E-state index is 0.00675. The minimum atomic E-state index is -0.508. The maximum Gasteiger partial charge on any atom is 0.251 e. The van der Waals surface area contributed by atoms with Crippen LogP contribution in [0.3, 0.4) is 0 Å². The maximum atomic E-state index is 13.0. The molecule has 0 bridgehead atoms. The molecular formula is C32H44N4O4. The number of nitrogens with zero attached hydrogens (tertiary/aromatic N) is 2. The van der Waals surface area contributed by atoms with Crippen LogP contribution in [-0.4, -0.2) is 45.9 Å². The van der Waals surface area contributed by atoms with Gasteiger partial charge in [0.1, 0.15) is 0 Å². The number of carbonyl (C=O) groups excluding carboxylic acids is 4. The quantitative estimate of drug-likeness (QED) is 0.319. The van der Waals surface area contributed by atoms with Gasteiger partial charge in [0.25, 0.3) is 5.91 Å². The van der Waals surface area contributed by atoms with Crippen molar-refractivity contribution in [2.24, 2.45) is 29.6 Å². The van der Waals surface area contributed by atoms with E-state index in [1.807, 2.05) is 27.7 Å². The van der Waals surface area contributed by atoms with Crippen LogP contribution in [0.25, 0.3) is 0 Å². The number of amides is 2. The first-order valence-corrected chi connectivity index (χ1v) is 14.6. The second-order valence-electron chi connectivity index (χ2n) is 11.8. The Morgan fingerprint density at radius 1 is 0.800 bits per heavy atom. The SMILES string of the molecule is CC(C)[C@H](NC(=O)c1ccncc1)C(=O)CCC1CCC(CNC(=O)[C@H](CC(=O)c2ccncc2)C(C)C)CC1. The Labute approximate surface area is 238 Å². The highest BCUT2D eigenvalue weighted by atomic mass is 16.2. The third kappa shape index (κ3) is 9.35. The molecule has 3 rings (SSSR count). The summed E-state index contributed by atoms with van der Waals surface area (Å²) in [5, 5.41) is 6.03. The maximum absolute atomic E-state index is 13.0. The van der Waals surface area contributed by atoms with Gasteiger partial charge in [0.05, 0.1) is 6.04 Å². The molecule has 8 heteroatoms. The molecule has 2 aromatic rings. The van der Waals surface area contributed by atoms with Crippen LogP contribution >= 0.6 is 0 Å². The summed E-state index contributed by atoms with van der Waals surface area (Å²) >= 11 is 0. The Bertz CT molecular complexity index is 1020. The molecule has 1 saturated carbocycles. The van der Waals surface area contributed by atoms with E-state index in [4.69, 9.17) is 0 Å². The first-order chi connectivity index (χ1) is 19.2. The second kappa shape index (κ2) is 15.4. The predicted molar refractivity (Wildman–Crippen MR) is 155 cm³/mol. The van der Waals surface area contributed by atoms with E-state index in [9.17, 15) is 19.2 Å². The van der Waals surface area contributed by atoms with Gasteiger partial charge < -0.3 is 10.6 Å². The molecule has 0 spiro atoms. The number of Topliss-reactive ketones (excluding diaryl/α,β-unsaturated/α-hetero) is 2. The highest BCUT2D eigenvalue weighted by Crippen LogP contribution is 2.32. The van der Waals surface area contributed by atoms with Gasteiger partial charge in [-0.05, 0) is 67.2 Å². The number of ketones is 2. The van der Waals surface area contributed by atoms with Gasteiger partial charge in [0, 0.05) is 61.2 Å². The van der Waals surface area contributed by atoms with Crippen molar-refractivity contribution in [2.75, 3.05) is 6.54 Å². The van der Waals surface area contributed by atoms with Crippen LogP contribution in [0.2, 0.25) is 0 Å². The minimum Gasteiger partial charge on any atom is -0.356 e. The van der Waals surface area contributed by atoms with E-state index in [-0.39, 0.29) is 47.6 Å². The molecular weight excluding hydrogens is 504 g/mol. The number of hydrogen-bond donors (Lipinski definition) is 2. The fraction of sp³-hybridized carbons (Fsp3) is 0.562. The standard InChI is InChI=1S/C32H44N4O4/c1-21(2)27(19-29(38)25-11-15-33-16-12-25)32(40)35-20-24-7-5-23(6-8-24)9-10-28(37)30(22(3)4)36-31(39)26-13-17-34-18-14-26/h11-18,21-24,27,30H,5-10,19-20H2,1-4H3,(H,35,40)(H,36,39)/t23?,24?,27-,30+/m1/s1. The molecule has 1 aliphatic rings. The highest BCUT2D eigenvalue weighted by Gasteiger charge is 2.29. The monoisotopic (exact) mass is 548 g/mol. The molecule has 0 aromatic carbocycles. The number of pyridine rings is 2. The van der Waals surface area contributed by atoms with Crippen LogP contribution in [0.4, 0.5) is 0 Å². The lowest BCUT2D eigenvalue weighted by molar-refractivity contribution is -0.126. The van der Waals surface area contributed by atoms with Gasteiger partial charge in [-0.15, -0.1) is 0 Å². The van der Waals surface area contributed by atoms with E-state index in [0.717, 1.165) is 32.1 Å². The normalized spacial score (nSPS) is 18.6. The van der Waals surface area contributed by atoms with E-state index in [0.29, 0.717) is 35.9 Å². The van der Waals surface area contributed by atoms with Gasteiger partial charge in [-0.2, -0.15) is 0 Å². The first kappa shape index (κ1) is 31.1. The van der Waals surface area contributed by atoms with Gasteiger partial charge in [0.15, 0.2) is 11.6 Å². The largest absolute Gasteiger partial charge is 0.356 e. The summed E-state index contributed by atoms with van der Waals surface area (Å²) in [7, 11) is 0. The fourth-order valence-electron chi connectivity index (χ4n) is 5.44. The molecule has 0 unspecified atom stereocenters. The molecule has 216 valence electrons. The summed E-state index contributed by atoms with van der Waals surface area (Å²) in [6, 6.07) is 6.15. The van der Waals surface area contributed by atoms with Crippen LogP contribution in [0.5, 0.6) is 0 Å². The smallest absolute Gasteiger partial charge is 0.251 e. The molecule has 0 saturated heterocycles. The van der Waals surface area contributed by atoms with E-state index < -0.39 is 6.04 Å². The van der Waals surface area contributed by atoms with Gasteiger partial charge in [0.2, 0.25) is 5.91 Å². The molecule has 2 atom stereocenters. The highest BCUT2D eigenvalue weighted by molar-refractivity contribution is 5.99. The molecule has 40 heavy (non-hydrogen) atoms. The third-order valence-electron chi connectivity index (χ3n) is 8.12. The third-order valence-corrected chi connectivity index (χ3v) is 8.12. The number of aromatic nitrogens is 2. The van der Waals surface area contributed by atoms with Crippen LogP contribution in [-0.2, 0) is 9.59 Å². The number of rotatable bonds is 14. The van der Waals surface area contributed by atoms with E-state index in [1.165, 1.54) is 0 Å². The van der Waals surface area contributed by atoms with Gasteiger partial charge in [-0.3, -0.25) is 29.1 Å². The molecule has 2 amide bonds. The number of nitrogens with one attached hydrogen (secondary N) is 2. The zero-order chi connectivity index (χ0) is 29.1. The molecule has 2 N–H and O–H groups in total. The molecule has 1 aliphatic carbocycles. The Morgan fingerprint density at radius 2 is 1.35 bits per heavy atom. The first-order valence-electron chi connectivity index (χ1n) is 14.6. The molecule has 0 aliphatic heterocycles. The van der Waals surface area contributed by atoms with E-state index in [1.54, 1.807) is 49.1 Å². The topological polar surface area (TPSA) is 118 Å². The van der Waals surface area contributed by atoms with Crippen molar-refractivity contribution in [2.45, 2.75) is 78.7 Å². The average molecular weight is 549 g/mol. The summed E-state index contributed by atoms with van der Waals surface area (Å²) in [5.41, 5.74) is 1.08. The lowest BCUT2D eigenvalue weighted by atomic mass is 9.79. The fourth-order valence-corrected chi connectivity index (χ4v) is 5.44. The van der Waals surface area contributed by atoms with Crippen molar-refractivity contribution in [3.8, 4) is 0 Å². The number of hydrogen-bond acceptors (Lipinski definition) is 6. The van der Waals surface area contributed by atoms with Crippen molar-refractivity contribution in [3.05, 3.63) is 60.2 Å². The van der Waals surface area contributed by atoms with E-state index in [2.05, 4.69) is 20.6 Å². The summed E-state index contributed by atoms with van der Waals surface area (Å²) in [6.07, 6.45) is 11.8. The Hall–Kier alpha value is -3.42. The van der Waals surface area contributed by atoms with Crippen LogP contribution in [0.15, 0.2) is 49.1 Å². The van der Waals surface area contributed by atoms with Gasteiger partial charge in [-0.25, -0.2) is 0 Å².